The fraction of sp³-hybridized carbons (Fsp3) is 0.610. The van der Waals surface area contributed by atoms with Gasteiger partial charge in [0.2, 0.25) is 0 Å². The second kappa shape index (κ2) is 32.0. The first-order valence-corrected chi connectivity index (χ1v) is 33.3. The maximum absolute atomic E-state index is 10.9. The van der Waals surface area contributed by atoms with Gasteiger partial charge in [-0.25, -0.2) is 0 Å². The lowest BCUT2D eigenvalue weighted by molar-refractivity contribution is 0.186. The van der Waals surface area contributed by atoms with Crippen molar-refractivity contribution in [2.45, 2.75) is 286 Å². The van der Waals surface area contributed by atoms with Crippen LogP contribution < -0.4 is 0 Å². The molecule has 0 aliphatic rings. The third-order valence-electron chi connectivity index (χ3n) is 17.2. The summed E-state index contributed by atoms with van der Waals surface area (Å²) >= 11 is 2.11. The van der Waals surface area contributed by atoms with E-state index in [2.05, 4.69) is 201 Å². The molecule has 5 rings (SSSR count). The van der Waals surface area contributed by atoms with Crippen LogP contribution in [0.3, 0.4) is 0 Å². The first-order chi connectivity index (χ1) is 39.2. The largest absolute Gasteiger partial charge is 0.508 e. The van der Waals surface area contributed by atoms with E-state index in [1.54, 1.807) is 0 Å². The monoisotopic (exact) mass is 1190 g/mol. The van der Waals surface area contributed by atoms with Gasteiger partial charge in [0.1, 0.15) is 28.7 Å². The number of benzene rings is 5. The molecule has 7 N–H and O–H groups in total. The predicted octanol–water partition coefficient (Wildman–Crippen LogP) is 20.8. The van der Waals surface area contributed by atoms with Gasteiger partial charge in [-0.3, -0.25) is 0 Å². The summed E-state index contributed by atoms with van der Waals surface area (Å²) in [7, 11) is 0. The number of aliphatic hydroxyl groups is 2. The fourth-order valence-corrected chi connectivity index (χ4v) is 13.3. The molecule has 5 aromatic rings. The van der Waals surface area contributed by atoms with Crippen molar-refractivity contribution in [3.63, 3.8) is 0 Å². The highest BCUT2D eigenvalue weighted by Gasteiger charge is 2.32. The van der Waals surface area contributed by atoms with Gasteiger partial charge in [-0.2, -0.15) is 11.8 Å². The van der Waals surface area contributed by atoms with Gasteiger partial charge < -0.3 is 35.7 Å². The first kappa shape index (κ1) is 74.6. The average molecular weight is 1190 g/mol. The number of hydrogen-bond donors (Lipinski definition) is 7. The summed E-state index contributed by atoms with van der Waals surface area (Å²) in [5, 5.41) is 70.1. The number of phenolic OH excluding ortho intramolecular Hbond substituents is 5. The van der Waals surface area contributed by atoms with E-state index < -0.39 is 0 Å². The highest BCUT2D eigenvalue weighted by atomic mass is 32.2. The molecule has 2 unspecified atom stereocenters. The van der Waals surface area contributed by atoms with E-state index in [1.165, 1.54) is 97.8 Å². The lowest BCUT2D eigenvalue weighted by Gasteiger charge is -2.31. The summed E-state index contributed by atoms with van der Waals surface area (Å²) in [5.74, 6) is 3.46. The molecule has 2 atom stereocenters. The van der Waals surface area contributed by atoms with Crippen molar-refractivity contribution < 1.29 is 35.7 Å². The molecule has 0 aliphatic carbocycles. The molecule has 0 spiro atoms. The first-order valence-electron chi connectivity index (χ1n) is 32.2. The summed E-state index contributed by atoms with van der Waals surface area (Å²) in [6.07, 6.45) is 15.6. The molecule has 5 aromatic carbocycles. The Balaban J connectivity index is 0.000000419. The number of unbranched alkanes of at least 4 members (excludes halogenated alkanes) is 9. The number of aliphatic hydroxyl groups excluding tert-OH is 2. The smallest absolute Gasteiger partial charge is 0.119 e. The predicted molar refractivity (Wildman–Crippen MR) is 367 cm³/mol. The fourth-order valence-electron chi connectivity index (χ4n) is 12.2. The van der Waals surface area contributed by atoms with Crippen molar-refractivity contribution in [2.75, 3.05) is 19.0 Å². The van der Waals surface area contributed by atoms with E-state index in [1.807, 2.05) is 30.3 Å². The molecule has 0 saturated heterocycles. The van der Waals surface area contributed by atoms with Crippen LogP contribution in [0.5, 0.6) is 28.7 Å². The van der Waals surface area contributed by atoms with E-state index in [0.717, 1.165) is 68.5 Å². The average Bonchev–Trinajstić information content (AvgIpc) is 3.58. The summed E-state index contributed by atoms with van der Waals surface area (Å²) in [6.45, 7) is 49.5. The Morgan fingerprint density at radius 1 is 0.341 bits per heavy atom. The molecule has 0 bridgehead atoms. The number of hydrogen-bond acceptors (Lipinski definition) is 8. The summed E-state index contributed by atoms with van der Waals surface area (Å²) in [4.78, 5) is 0. The van der Waals surface area contributed by atoms with Crippen molar-refractivity contribution in [3.8, 4) is 28.7 Å². The molecule has 85 heavy (non-hydrogen) atoms. The quantitative estimate of drug-likeness (QED) is 0.0340. The maximum atomic E-state index is 10.9. The van der Waals surface area contributed by atoms with E-state index in [-0.39, 0.29) is 58.0 Å². The molecule has 7 nitrogen and oxygen atoms in total. The Kier molecular flexibility index (Phi) is 28.1. The lowest BCUT2D eigenvalue weighted by Crippen LogP contribution is -2.17. The standard InChI is InChI=1S/C38H62O2S.C37H52O3.C2H6O2/c1-11-12-13-14-15-16-17-18-19-20-21-41-29(4)24-32(30-25-33(37(5,6)7)35(39)22-27(30)2)31-26-34(38(8,9)10)36(40)23-28(31)3;1-21(25-18-29(35(5,6)7)32(38)15-22(25)2)14-28(26-19-30(36(8,9)10)33(39)16-23(26)3)27-20-31(37(11,12)13)34(40)17-24(27)4;3-1-2-4/h22-23,25-26,29,32,39-40H,11-21,24H2,1-10H3;15-21,28,38-40H,14H2,1-13H3;3-4H,1-2H2. The van der Waals surface area contributed by atoms with Gasteiger partial charge in [-0.05, 0) is 206 Å². The molecule has 0 fully saturated rings. The maximum Gasteiger partial charge on any atom is 0.119 e. The number of rotatable bonds is 22. The highest BCUT2D eigenvalue weighted by molar-refractivity contribution is 7.99. The van der Waals surface area contributed by atoms with E-state index in [0.29, 0.717) is 34.0 Å². The van der Waals surface area contributed by atoms with E-state index in [9.17, 15) is 25.5 Å². The van der Waals surface area contributed by atoms with Crippen molar-refractivity contribution in [1.29, 1.82) is 0 Å². The highest BCUT2D eigenvalue weighted by Crippen LogP contribution is 2.47. The van der Waals surface area contributed by atoms with Crippen LogP contribution in [-0.4, -0.2) is 60.0 Å². The van der Waals surface area contributed by atoms with Gasteiger partial charge in [0.05, 0.1) is 13.2 Å². The van der Waals surface area contributed by atoms with Gasteiger partial charge in [-0.1, -0.05) is 213 Å². The van der Waals surface area contributed by atoms with Crippen LogP contribution in [0.4, 0.5) is 0 Å². The SMILES string of the molecule is CCCCCCCCCCCCSC(C)CC(c1cc(C(C)(C)C)c(O)cc1C)c1cc(C(C)(C)C)c(O)cc1C.Cc1cc(O)c(C(C)(C)C)cc1C(C)CC(c1cc(C(C)(C)C)c(O)cc1C)c1cc(C(C)(C)C)c(O)cc1C.OCCO. The molecule has 0 aromatic heterocycles. The zero-order chi connectivity index (χ0) is 64.7. The Hall–Kier alpha value is -4.63. The van der Waals surface area contributed by atoms with Crippen molar-refractivity contribution >= 4 is 11.8 Å². The van der Waals surface area contributed by atoms with Crippen LogP contribution in [0, 0.1) is 34.6 Å². The minimum atomic E-state index is -0.210. The molecule has 0 saturated carbocycles. The molecule has 0 aliphatic heterocycles. The van der Waals surface area contributed by atoms with Gasteiger partial charge in [-0.15, -0.1) is 0 Å². The number of thioether (sulfide) groups is 1. The minimum Gasteiger partial charge on any atom is -0.508 e. The topological polar surface area (TPSA) is 142 Å². The summed E-state index contributed by atoms with van der Waals surface area (Å²) in [6, 6.07) is 20.8. The van der Waals surface area contributed by atoms with Gasteiger partial charge in [0.25, 0.3) is 0 Å². The Bertz CT molecular complexity index is 2750. The number of phenols is 5. The molecular formula is C77H120O7S. The lowest BCUT2D eigenvalue weighted by atomic mass is 9.74. The number of aromatic hydroxyl groups is 5. The Morgan fingerprint density at radius 3 is 0.835 bits per heavy atom. The Labute approximate surface area is 523 Å². The third-order valence-corrected chi connectivity index (χ3v) is 18.4. The van der Waals surface area contributed by atoms with Crippen LogP contribution in [-0.2, 0) is 27.1 Å². The third kappa shape index (κ3) is 21.9. The van der Waals surface area contributed by atoms with Crippen LogP contribution in [0.15, 0.2) is 60.7 Å². The van der Waals surface area contributed by atoms with Crippen LogP contribution in [0.1, 0.15) is 303 Å². The molecule has 0 amide bonds. The van der Waals surface area contributed by atoms with Gasteiger partial charge in [0.15, 0.2) is 0 Å². The van der Waals surface area contributed by atoms with Crippen molar-refractivity contribution in [2.24, 2.45) is 0 Å². The zero-order valence-corrected chi connectivity index (χ0v) is 58.5. The molecule has 476 valence electrons. The number of aryl methyl sites for hydroxylation is 5. The van der Waals surface area contributed by atoms with Crippen LogP contribution >= 0.6 is 11.8 Å². The second-order valence-corrected chi connectivity index (χ2v) is 31.7. The van der Waals surface area contributed by atoms with Crippen LogP contribution in [0.25, 0.3) is 0 Å². The Morgan fingerprint density at radius 2 is 0.576 bits per heavy atom. The summed E-state index contributed by atoms with van der Waals surface area (Å²) < 4.78 is 0. The van der Waals surface area contributed by atoms with Crippen LogP contribution in [0.2, 0.25) is 0 Å². The van der Waals surface area contributed by atoms with Crippen molar-refractivity contribution in [3.05, 3.63) is 144 Å². The molecule has 8 heteroatoms. The van der Waals surface area contributed by atoms with Gasteiger partial charge in [0, 0.05) is 17.1 Å². The van der Waals surface area contributed by atoms with E-state index in [4.69, 9.17) is 10.2 Å². The zero-order valence-electron chi connectivity index (χ0n) is 57.7. The normalized spacial score (nSPS) is 13.2. The van der Waals surface area contributed by atoms with Gasteiger partial charge >= 0.3 is 0 Å². The molecule has 0 heterocycles. The molecule has 0 radical (unpaired) electrons. The summed E-state index contributed by atoms with van der Waals surface area (Å²) in [5.41, 5.74) is 15.7. The second-order valence-electron chi connectivity index (χ2n) is 30.2. The minimum absolute atomic E-state index is 0.0460. The van der Waals surface area contributed by atoms with E-state index >= 15 is 0 Å². The van der Waals surface area contributed by atoms with Crippen molar-refractivity contribution in [1.82, 2.24) is 0 Å². The molecular weight excluding hydrogens is 1070 g/mol.